The second kappa shape index (κ2) is 8.43. The quantitative estimate of drug-likeness (QED) is 0.903. The first-order chi connectivity index (χ1) is 12.5. The van der Waals surface area contributed by atoms with Crippen LogP contribution in [0.25, 0.3) is 0 Å². The van der Waals surface area contributed by atoms with E-state index in [0.29, 0.717) is 37.8 Å². The van der Waals surface area contributed by atoms with Crippen molar-refractivity contribution in [1.29, 1.82) is 0 Å². The third-order valence-corrected chi connectivity index (χ3v) is 5.40. The van der Waals surface area contributed by atoms with Gasteiger partial charge in [-0.25, -0.2) is 4.79 Å². The Morgan fingerprint density at radius 3 is 2.31 bits per heavy atom. The van der Waals surface area contributed by atoms with E-state index in [1.54, 1.807) is 0 Å². The first-order valence-electron chi connectivity index (χ1n) is 9.66. The molecule has 0 aromatic heterocycles. The van der Waals surface area contributed by atoms with Crippen molar-refractivity contribution < 1.29 is 9.59 Å². The smallest absolute Gasteiger partial charge is 0.317 e. The normalized spacial score (nSPS) is 18.5. The average Bonchev–Trinajstić information content (AvgIpc) is 2.68. The third kappa shape index (κ3) is 4.48. The summed E-state index contributed by atoms with van der Waals surface area (Å²) in [5.41, 5.74) is 1.72. The van der Waals surface area contributed by atoms with Crippen molar-refractivity contribution in [3.8, 4) is 0 Å². The Morgan fingerprint density at radius 2 is 1.65 bits per heavy atom. The SMILES string of the molecule is CN(C)c1cccc(C(=O)N2CCN(C(=O)NC3CCCCC3)CC2)c1. The molecule has 1 aliphatic heterocycles. The molecule has 1 aliphatic carbocycles. The molecule has 0 unspecified atom stereocenters. The van der Waals surface area contributed by atoms with E-state index in [-0.39, 0.29) is 11.9 Å². The molecule has 1 N–H and O–H groups in total. The van der Waals surface area contributed by atoms with Gasteiger partial charge in [0.25, 0.3) is 5.91 Å². The molecule has 0 atom stereocenters. The number of rotatable bonds is 3. The predicted octanol–water partition coefficient (Wildman–Crippen LogP) is 2.55. The van der Waals surface area contributed by atoms with Gasteiger partial charge in [0, 0.05) is 57.6 Å². The lowest BCUT2D eigenvalue weighted by Crippen LogP contribution is -2.54. The number of anilines is 1. The van der Waals surface area contributed by atoms with Crippen LogP contribution in [0.15, 0.2) is 24.3 Å². The molecule has 2 fully saturated rings. The van der Waals surface area contributed by atoms with Gasteiger partial charge in [-0.15, -0.1) is 0 Å². The summed E-state index contributed by atoms with van der Waals surface area (Å²) in [4.78, 5) is 30.9. The van der Waals surface area contributed by atoms with Crippen LogP contribution in [0.5, 0.6) is 0 Å². The van der Waals surface area contributed by atoms with Gasteiger partial charge in [0.05, 0.1) is 0 Å². The Balaban J connectivity index is 1.52. The van der Waals surface area contributed by atoms with Crippen molar-refractivity contribution in [3.05, 3.63) is 29.8 Å². The van der Waals surface area contributed by atoms with Gasteiger partial charge in [0.15, 0.2) is 0 Å². The summed E-state index contributed by atoms with van der Waals surface area (Å²) in [6.07, 6.45) is 5.87. The molecule has 2 aliphatic rings. The molecule has 26 heavy (non-hydrogen) atoms. The van der Waals surface area contributed by atoms with Crippen LogP contribution in [0.1, 0.15) is 42.5 Å². The highest BCUT2D eigenvalue weighted by Crippen LogP contribution is 2.18. The number of nitrogens with one attached hydrogen (secondary N) is 1. The number of amides is 3. The summed E-state index contributed by atoms with van der Waals surface area (Å²) in [5.74, 6) is 0.0426. The Kier molecular flexibility index (Phi) is 6.01. The minimum absolute atomic E-state index is 0.0265. The largest absolute Gasteiger partial charge is 0.378 e. The van der Waals surface area contributed by atoms with E-state index in [4.69, 9.17) is 0 Å². The lowest BCUT2D eigenvalue weighted by molar-refractivity contribution is 0.0662. The summed E-state index contributed by atoms with van der Waals surface area (Å²) in [6.45, 7) is 2.36. The van der Waals surface area contributed by atoms with E-state index in [2.05, 4.69) is 5.32 Å². The first kappa shape index (κ1) is 18.5. The van der Waals surface area contributed by atoms with Gasteiger partial charge in [-0.3, -0.25) is 4.79 Å². The molecular formula is C20H30N4O2. The zero-order chi connectivity index (χ0) is 18.5. The van der Waals surface area contributed by atoms with Crippen LogP contribution in [0, 0.1) is 0 Å². The van der Waals surface area contributed by atoms with Crippen molar-refractivity contribution in [2.75, 3.05) is 45.2 Å². The van der Waals surface area contributed by atoms with Crippen molar-refractivity contribution in [2.45, 2.75) is 38.1 Å². The van der Waals surface area contributed by atoms with Crippen LogP contribution >= 0.6 is 0 Å². The standard InChI is InChI=1S/C20H30N4O2/c1-22(2)18-10-6-7-16(15-18)19(25)23-11-13-24(14-12-23)20(26)21-17-8-4-3-5-9-17/h6-7,10,15,17H,3-5,8-9,11-14H2,1-2H3,(H,21,26). The Hall–Kier alpha value is -2.24. The zero-order valence-electron chi connectivity index (χ0n) is 15.9. The van der Waals surface area contributed by atoms with Crippen molar-refractivity contribution in [1.82, 2.24) is 15.1 Å². The van der Waals surface area contributed by atoms with Gasteiger partial charge in [-0.1, -0.05) is 25.3 Å². The molecule has 3 amide bonds. The lowest BCUT2D eigenvalue weighted by Gasteiger charge is -2.36. The first-order valence-corrected chi connectivity index (χ1v) is 9.66. The second-order valence-electron chi connectivity index (χ2n) is 7.51. The second-order valence-corrected chi connectivity index (χ2v) is 7.51. The summed E-state index contributed by atoms with van der Waals surface area (Å²) >= 11 is 0. The van der Waals surface area contributed by atoms with Crippen LogP contribution in [-0.2, 0) is 0 Å². The van der Waals surface area contributed by atoms with E-state index >= 15 is 0 Å². The van der Waals surface area contributed by atoms with Crippen LogP contribution < -0.4 is 10.2 Å². The molecular weight excluding hydrogens is 328 g/mol. The molecule has 0 spiro atoms. The third-order valence-electron chi connectivity index (χ3n) is 5.40. The Morgan fingerprint density at radius 1 is 1.00 bits per heavy atom. The van der Waals surface area contributed by atoms with Crippen molar-refractivity contribution in [3.63, 3.8) is 0 Å². The maximum atomic E-state index is 12.8. The van der Waals surface area contributed by atoms with Crippen LogP contribution in [0.3, 0.4) is 0 Å². The number of carbonyl (C=O) groups is 2. The molecule has 1 saturated carbocycles. The molecule has 0 radical (unpaired) electrons. The van der Waals surface area contributed by atoms with Gasteiger partial charge in [0.2, 0.25) is 0 Å². The molecule has 3 rings (SSSR count). The summed E-state index contributed by atoms with van der Waals surface area (Å²) in [5, 5.41) is 3.16. The maximum Gasteiger partial charge on any atom is 0.317 e. The maximum absolute atomic E-state index is 12.8. The van der Waals surface area contributed by atoms with Gasteiger partial charge >= 0.3 is 6.03 Å². The number of piperazine rings is 1. The number of carbonyl (C=O) groups excluding carboxylic acids is 2. The van der Waals surface area contributed by atoms with E-state index in [9.17, 15) is 9.59 Å². The molecule has 1 heterocycles. The number of nitrogens with zero attached hydrogens (tertiary/aromatic N) is 3. The number of urea groups is 1. The molecule has 142 valence electrons. The van der Waals surface area contributed by atoms with E-state index in [0.717, 1.165) is 18.5 Å². The zero-order valence-corrected chi connectivity index (χ0v) is 15.9. The predicted molar refractivity (Wildman–Crippen MR) is 104 cm³/mol. The molecule has 6 heteroatoms. The minimum atomic E-state index is 0.0265. The van der Waals surface area contributed by atoms with Crippen LogP contribution in [0.2, 0.25) is 0 Å². The number of benzene rings is 1. The van der Waals surface area contributed by atoms with E-state index < -0.39 is 0 Å². The summed E-state index contributed by atoms with van der Waals surface area (Å²) in [7, 11) is 3.93. The molecule has 6 nitrogen and oxygen atoms in total. The van der Waals surface area contributed by atoms with Crippen molar-refractivity contribution in [2.24, 2.45) is 0 Å². The van der Waals surface area contributed by atoms with Crippen LogP contribution in [-0.4, -0.2) is 68.1 Å². The fraction of sp³-hybridized carbons (Fsp3) is 0.600. The van der Waals surface area contributed by atoms with Gasteiger partial charge in [-0.05, 0) is 31.0 Å². The highest BCUT2D eigenvalue weighted by atomic mass is 16.2. The molecule has 1 saturated heterocycles. The highest BCUT2D eigenvalue weighted by Gasteiger charge is 2.26. The topological polar surface area (TPSA) is 55.9 Å². The fourth-order valence-corrected chi connectivity index (χ4v) is 3.73. The van der Waals surface area contributed by atoms with E-state index in [1.807, 2.05) is 53.1 Å². The summed E-state index contributed by atoms with van der Waals surface area (Å²) < 4.78 is 0. The van der Waals surface area contributed by atoms with Gasteiger partial charge < -0.3 is 20.0 Å². The van der Waals surface area contributed by atoms with Gasteiger partial charge in [0.1, 0.15) is 0 Å². The Bertz CT molecular complexity index is 632. The number of hydrogen-bond donors (Lipinski definition) is 1. The summed E-state index contributed by atoms with van der Waals surface area (Å²) in [6, 6.07) is 8.03. The monoisotopic (exact) mass is 358 g/mol. The molecule has 1 aromatic rings. The Labute approximate surface area is 156 Å². The fourth-order valence-electron chi connectivity index (χ4n) is 3.73. The van der Waals surface area contributed by atoms with Crippen LogP contribution in [0.4, 0.5) is 10.5 Å². The van der Waals surface area contributed by atoms with Gasteiger partial charge in [-0.2, -0.15) is 0 Å². The minimum Gasteiger partial charge on any atom is -0.378 e. The average molecular weight is 358 g/mol. The number of hydrogen-bond acceptors (Lipinski definition) is 3. The highest BCUT2D eigenvalue weighted by molar-refractivity contribution is 5.95. The molecule has 1 aromatic carbocycles. The lowest BCUT2D eigenvalue weighted by atomic mass is 9.96. The van der Waals surface area contributed by atoms with Crippen molar-refractivity contribution >= 4 is 17.6 Å². The van der Waals surface area contributed by atoms with E-state index in [1.165, 1.54) is 19.3 Å². The molecule has 0 bridgehead atoms.